The van der Waals surface area contributed by atoms with Crippen LogP contribution in [0, 0.1) is 5.41 Å². The second-order valence-electron chi connectivity index (χ2n) is 5.96. The Bertz CT molecular complexity index is 926. The maximum Gasteiger partial charge on any atom is 0.314 e. The van der Waals surface area contributed by atoms with Crippen molar-refractivity contribution in [3.8, 4) is 0 Å². The minimum absolute atomic E-state index is 0.0366. The van der Waals surface area contributed by atoms with Gasteiger partial charge < -0.3 is 10.2 Å². The van der Waals surface area contributed by atoms with Crippen molar-refractivity contribution in [2.24, 2.45) is 5.41 Å². The van der Waals surface area contributed by atoms with Gasteiger partial charge in [0.25, 0.3) is 0 Å². The predicted molar refractivity (Wildman–Crippen MR) is 93.8 cm³/mol. The molecule has 0 amide bonds. The number of benzene rings is 2. The van der Waals surface area contributed by atoms with Crippen LogP contribution in [-0.2, 0) is 14.6 Å². The smallest absolute Gasteiger partial charge is 0.314 e. The number of carbonyl (C=O) groups is 1. The molecular weight excluding hydrogens is 387 g/mol. The van der Waals surface area contributed by atoms with Crippen LogP contribution in [0.25, 0.3) is 0 Å². The molecule has 132 valence electrons. The van der Waals surface area contributed by atoms with Crippen molar-refractivity contribution in [1.82, 2.24) is 0 Å². The lowest BCUT2D eigenvalue weighted by Gasteiger charge is -2.09. The van der Waals surface area contributed by atoms with E-state index in [4.69, 9.17) is 23.2 Å². The summed E-state index contributed by atoms with van der Waals surface area (Å²) in [5, 5.41) is 18.8. The highest BCUT2D eigenvalue weighted by atomic mass is 35.5. The Kier molecular flexibility index (Phi) is 4.58. The summed E-state index contributed by atoms with van der Waals surface area (Å²) in [6, 6.07) is 11.9. The van der Waals surface area contributed by atoms with Crippen LogP contribution in [0.1, 0.15) is 11.5 Å². The van der Waals surface area contributed by atoms with Gasteiger partial charge in [0, 0.05) is 16.0 Å². The van der Waals surface area contributed by atoms with Crippen molar-refractivity contribution in [3.05, 3.63) is 64.1 Å². The molecule has 1 saturated carbocycles. The first kappa shape index (κ1) is 18.2. The number of hydrogen-bond donors (Lipinski definition) is 2. The number of sulfone groups is 1. The van der Waals surface area contributed by atoms with Crippen LogP contribution in [-0.4, -0.2) is 36.5 Å². The molecule has 1 fully saturated rings. The van der Waals surface area contributed by atoms with E-state index in [0.29, 0.717) is 15.6 Å². The number of rotatable bonds is 5. The summed E-state index contributed by atoms with van der Waals surface area (Å²) >= 11 is 11.7. The van der Waals surface area contributed by atoms with Crippen molar-refractivity contribution in [1.29, 1.82) is 0 Å². The first-order valence-corrected chi connectivity index (χ1v) is 9.64. The number of aliphatic hydroxyl groups is 1. The van der Waals surface area contributed by atoms with Gasteiger partial charge in [0.2, 0.25) is 0 Å². The van der Waals surface area contributed by atoms with Crippen LogP contribution >= 0.6 is 23.2 Å². The molecule has 3 rings (SSSR count). The van der Waals surface area contributed by atoms with Gasteiger partial charge in [-0.3, -0.25) is 4.79 Å². The fourth-order valence-electron chi connectivity index (χ4n) is 3.31. The molecule has 0 saturated heterocycles. The fraction of sp³-hybridized carbons (Fsp3) is 0.235. The lowest BCUT2D eigenvalue weighted by molar-refractivity contribution is -0.145. The average Bonchev–Trinajstić information content (AvgIpc) is 3.27. The largest absolute Gasteiger partial charge is 0.481 e. The lowest BCUT2D eigenvalue weighted by atomic mass is 10.0. The number of carboxylic acid groups (broad SMARTS) is 1. The van der Waals surface area contributed by atoms with E-state index in [1.165, 1.54) is 30.3 Å². The molecule has 2 N–H and O–H groups in total. The first-order valence-electron chi connectivity index (χ1n) is 7.34. The lowest BCUT2D eigenvalue weighted by Crippen LogP contribution is -2.27. The van der Waals surface area contributed by atoms with E-state index in [0.717, 1.165) is 0 Å². The molecule has 0 aliphatic heterocycles. The Morgan fingerprint density at radius 3 is 2.24 bits per heavy atom. The van der Waals surface area contributed by atoms with Crippen LogP contribution in [0.3, 0.4) is 0 Å². The summed E-state index contributed by atoms with van der Waals surface area (Å²) in [5.74, 6) is -2.25. The molecule has 1 aliphatic carbocycles. The second kappa shape index (κ2) is 6.29. The van der Waals surface area contributed by atoms with E-state index in [1.54, 1.807) is 18.2 Å². The maximum absolute atomic E-state index is 13.0. The molecule has 0 heterocycles. The highest BCUT2D eigenvalue weighted by Crippen LogP contribution is 2.64. The minimum atomic E-state index is -4.00. The molecular formula is C17H14Cl2O5S. The SMILES string of the molecule is O=C(O)C1(CO)C(c2cccc(Cl)c2)C1S(=O)(=O)c1ccc(Cl)cc1. The first-order chi connectivity index (χ1) is 11.7. The van der Waals surface area contributed by atoms with Crippen LogP contribution < -0.4 is 0 Å². The normalized spacial score (nSPS) is 25.6. The molecule has 0 spiro atoms. The highest BCUT2D eigenvalue weighted by Gasteiger charge is 2.75. The Morgan fingerprint density at radius 2 is 1.72 bits per heavy atom. The minimum Gasteiger partial charge on any atom is -0.481 e. The molecule has 25 heavy (non-hydrogen) atoms. The van der Waals surface area contributed by atoms with E-state index in [1.807, 2.05) is 0 Å². The van der Waals surface area contributed by atoms with E-state index >= 15 is 0 Å². The predicted octanol–water partition coefficient (Wildman–Crippen LogP) is 3.00. The van der Waals surface area contributed by atoms with Gasteiger partial charge in [0.15, 0.2) is 9.84 Å². The van der Waals surface area contributed by atoms with Gasteiger partial charge in [0.05, 0.1) is 16.8 Å². The molecule has 8 heteroatoms. The van der Waals surface area contributed by atoms with Gasteiger partial charge in [-0.25, -0.2) is 8.42 Å². The average molecular weight is 401 g/mol. The molecule has 2 aromatic carbocycles. The third kappa shape index (κ3) is 2.83. The van der Waals surface area contributed by atoms with Crippen molar-refractivity contribution in [2.45, 2.75) is 16.1 Å². The third-order valence-electron chi connectivity index (χ3n) is 4.60. The zero-order valence-corrected chi connectivity index (χ0v) is 15.1. The molecule has 3 unspecified atom stereocenters. The zero-order chi connectivity index (χ0) is 18.4. The molecule has 0 radical (unpaired) electrons. The zero-order valence-electron chi connectivity index (χ0n) is 12.8. The van der Waals surface area contributed by atoms with Crippen molar-refractivity contribution >= 4 is 39.0 Å². The second-order valence-corrected chi connectivity index (χ2v) is 8.90. The maximum atomic E-state index is 13.0. The van der Waals surface area contributed by atoms with Crippen molar-refractivity contribution in [3.63, 3.8) is 0 Å². The van der Waals surface area contributed by atoms with E-state index in [-0.39, 0.29) is 4.90 Å². The summed E-state index contributed by atoms with van der Waals surface area (Å²) in [7, 11) is -4.00. The summed E-state index contributed by atoms with van der Waals surface area (Å²) < 4.78 is 26.0. The van der Waals surface area contributed by atoms with E-state index in [9.17, 15) is 23.4 Å². The van der Waals surface area contributed by atoms with E-state index < -0.39 is 39.0 Å². The van der Waals surface area contributed by atoms with Gasteiger partial charge in [-0.15, -0.1) is 0 Å². The summed E-state index contributed by atoms with van der Waals surface area (Å²) in [4.78, 5) is 11.8. The van der Waals surface area contributed by atoms with Gasteiger partial charge in [-0.2, -0.15) is 0 Å². The summed E-state index contributed by atoms with van der Waals surface area (Å²) in [6.45, 7) is -0.795. The molecule has 3 atom stereocenters. The van der Waals surface area contributed by atoms with Crippen molar-refractivity contribution < 1.29 is 23.4 Å². The number of carboxylic acids is 1. The number of hydrogen-bond acceptors (Lipinski definition) is 4. The van der Waals surface area contributed by atoms with Crippen molar-refractivity contribution in [2.75, 3.05) is 6.61 Å². The molecule has 1 aliphatic rings. The molecule has 2 aromatic rings. The number of aliphatic hydroxyl groups excluding tert-OH is 1. The molecule has 0 bridgehead atoms. The monoisotopic (exact) mass is 400 g/mol. The number of halogens is 2. The molecule has 5 nitrogen and oxygen atoms in total. The summed E-state index contributed by atoms with van der Waals surface area (Å²) in [6.07, 6.45) is 0. The van der Waals surface area contributed by atoms with Gasteiger partial charge in [-0.1, -0.05) is 35.3 Å². The van der Waals surface area contributed by atoms with Crippen LogP contribution in [0.15, 0.2) is 53.4 Å². The van der Waals surface area contributed by atoms with Crippen LogP contribution in [0.5, 0.6) is 0 Å². The standard InChI is InChI=1S/C17H14Cl2O5S/c18-11-4-6-13(7-5-11)25(23,24)15-14(17(15,9-20)16(21)22)10-2-1-3-12(19)8-10/h1-8,14-15,20H,9H2,(H,21,22). The highest BCUT2D eigenvalue weighted by molar-refractivity contribution is 7.92. The Balaban J connectivity index is 2.12. The Hall–Kier alpha value is -1.60. The summed E-state index contributed by atoms with van der Waals surface area (Å²) in [5.41, 5.74) is -1.34. The van der Waals surface area contributed by atoms with E-state index in [2.05, 4.69) is 0 Å². The third-order valence-corrected chi connectivity index (χ3v) is 7.38. The van der Waals surface area contributed by atoms with Crippen LogP contribution in [0.2, 0.25) is 10.0 Å². The van der Waals surface area contributed by atoms with Gasteiger partial charge in [-0.05, 0) is 42.0 Å². The van der Waals surface area contributed by atoms with Crippen LogP contribution in [0.4, 0.5) is 0 Å². The fourth-order valence-corrected chi connectivity index (χ4v) is 6.00. The number of aliphatic carboxylic acids is 1. The van der Waals surface area contributed by atoms with Gasteiger partial charge in [0.1, 0.15) is 5.41 Å². The topological polar surface area (TPSA) is 91.7 Å². The Labute approximate surface area is 154 Å². The van der Waals surface area contributed by atoms with Gasteiger partial charge >= 0.3 is 5.97 Å². The Morgan fingerprint density at radius 1 is 1.08 bits per heavy atom. The quantitative estimate of drug-likeness (QED) is 0.804. The molecule has 0 aromatic heterocycles.